The van der Waals surface area contributed by atoms with Crippen LogP contribution in [0.3, 0.4) is 0 Å². The van der Waals surface area contributed by atoms with Crippen LogP contribution in [0.1, 0.15) is 44.6 Å². The molecular weight excluding hydrogens is 495 g/mol. The molecule has 0 aromatic heterocycles. The lowest BCUT2D eigenvalue weighted by molar-refractivity contribution is -0.149. The number of esters is 1. The van der Waals surface area contributed by atoms with Crippen LogP contribution >= 0.6 is 24.0 Å². The zero-order valence-corrected chi connectivity index (χ0v) is 20.2. The molecular formula is C22H33IN4O3. The lowest BCUT2D eigenvalue weighted by Gasteiger charge is -2.34. The van der Waals surface area contributed by atoms with E-state index < -0.39 is 0 Å². The van der Waals surface area contributed by atoms with Crippen molar-refractivity contribution in [3.05, 3.63) is 29.8 Å². The summed E-state index contributed by atoms with van der Waals surface area (Å²) in [6.45, 7) is 4.33. The summed E-state index contributed by atoms with van der Waals surface area (Å²) in [6, 6.07) is 7.89. The van der Waals surface area contributed by atoms with E-state index in [2.05, 4.69) is 20.5 Å². The summed E-state index contributed by atoms with van der Waals surface area (Å²) in [6.07, 6.45) is 4.93. The van der Waals surface area contributed by atoms with Gasteiger partial charge in [-0.05, 0) is 50.3 Å². The summed E-state index contributed by atoms with van der Waals surface area (Å²) < 4.78 is 5.19. The van der Waals surface area contributed by atoms with Crippen molar-refractivity contribution in [1.29, 1.82) is 0 Å². The van der Waals surface area contributed by atoms with Crippen LogP contribution in [0.15, 0.2) is 29.3 Å². The summed E-state index contributed by atoms with van der Waals surface area (Å²) in [5.74, 6) is 0.843. The Bertz CT molecular complexity index is 752. The van der Waals surface area contributed by atoms with Crippen LogP contribution in [0.4, 0.5) is 5.69 Å². The minimum Gasteiger partial charge on any atom is -0.466 e. The van der Waals surface area contributed by atoms with Crippen LogP contribution in [0, 0.1) is 11.8 Å². The highest BCUT2D eigenvalue weighted by Crippen LogP contribution is 2.27. The number of likely N-dealkylation sites (tertiary alicyclic amines) is 1. The van der Waals surface area contributed by atoms with Crippen LogP contribution < -0.4 is 10.6 Å². The van der Waals surface area contributed by atoms with Gasteiger partial charge < -0.3 is 20.3 Å². The van der Waals surface area contributed by atoms with Crippen LogP contribution in [-0.2, 0) is 20.9 Å². The first-order valence-electron chi connectivity index (χ1n) is 10.6. The van der Waals surface area contributed by atoms with Crippen molar-refractivity contribution in [3.8, 4) is 0 Å². The van der Waals surface area contributed by atoms with Crippen molar-refractivity contribution in [3.63, 3.8) is 0 Å². The molecule has 0 bridgehead atoms. The molecule has 2 aliphatic rings. The molecule has 166 valence electrons. The maximum atomic E-state index is 12.2. The lowest BCUT2D eigenvalue weighted by atomic mass is 9.85. The lowest BCUT2D eigenvalue weighted by Crippen LogP contribution is -2.48. The maximum Gasteiger partial charge on any atom is 0.310 e. The molecule has 1 amide bonds. The first-order chi connectivity index (χ1) is 14.1. The van der Waals surface area contributed by atoms with Gasteiger partial charge >= 0.3 is 5.97 Å². The summed E-state index contributed by atoms with van der Waals surface area (Å²) in [5.41, 5.74) is 1.90. The maximum absolute atomic E-state index is 12.2. The number of ether oxygens (including phenoxy) is 1. The molecule has 30 heavy (non-hydrogen) atoms. The van der Waals surface area contributed by atoms with Crippen LogP contribution in [0.5, 0.6) is 0 Å². The van der Waals surface area contributed by atoms with Gasteiger partial charge in [-0.2, -0.15) is 0 Å². The Morgan fingerprint density at radius 2 is 1.97 bits per heavy atom. The van der Waals surface area contributed by atoms with Gasteiger partial charge in [0, 0.05) is 38.3 Å². The summed E-state index contributed by atoms with van der Waals surface area (Å²) >= 11 is 0. The van der Waals surface area contributed by atoms with Crippen molar-refractivity contribution in [2.75, 3.05) is 32.1 Å². The molecule has 2 fully saturated rings. The number of nitrogens with one attached hydrogen (secondary N) is 2. The fourth-order valence-electron chi connectivity index (χ4n) is 3.81. The predicted octanol–water partition coefficient (Wildman–Crippen LogP) is 3.39. The Morgan fingerprint density at radius 3 is 2.63 bits per heavy atom. The molecule has 1 aliphatic carbocycles. The van der Waals surface area contributed by atoms with Crippen molar-refractivity contribution >= 4 is 47.5 Å². The number of piperidine rings is 1. The minimum atomic E-state index is -0.123. The van der Waals surface area contributed by atoms with Crippen LogP contribution in [-0.4, -0.2) is 49.5 Å². The number of amides is 1. The smallest absolute Gasteiger partial charge is 0.310 e. The molecule has 8 heteroatoms. The second-order valence-corrected chi connectivity index (χ2v) is 7.76. The van der Waals surface area contributed by atoms with E-state index in [1.807, 2.05) is 31.2 Å². The van der Waals surface area contributed by atoms with E-state index in [1.54, 1.807) is 7.05 Å². The molecule has 0 radical (unpaired) electrons. The van der Waals surface area contributed by atoms with Crippen LogP contribution in [0.25, 0.3) is 0 Å². The molecule has 2 N–H and O–H groups in total. The Morgan fingerprint density at radius 1 is 1.20 bits per heavy atom. The molecule has 1 aromatic rings. The molecule has 1 heterocycles. The van der Waals surface area contributed by atoms with E-state index in [9.17, 15) is 9.59 Å². The number of guanidine groups is 1. The fraction of sp³-hybridized carbons (Fsp3) is 0.591. The molecule has 1 aromatic carbocycles. The number of carbonyl (C=O) groups is 2. The van der Waals surface area contributed by atoms with E-state index in [-0.39, 0.29) is 47.7 Å². The van der Waals surface area contributed by atoms with Gasteiger partial charge in [-0.3, -0.25) is 14.6 Å². The Hall–Kier alpha value is -1.84. The van der Waals surface area contributed by atoms with Crippen molar-refractivity contribution in [2.24, 2.45) is 16.8 Å². The number of aliphatic imine (C=N–C) groups is 1. The number of carbonyl (C=O) groups excluding carboxylic acids is 2. The van der Waals surface area contributed by atoms with E-state index in [0.717, 1.165) is 55.9 Å². The SMILES string of the molecule is CCOC(=O)C1CCCN(C(=NC)NCc2cccc(NC(=O)C3CCC3)c2)C1.I. The topological polar surface area (TPSA) is 83.0 Å². The highest BCUT2D eigenvalue weighted by molar-refractivity contribution is 14.0. The zero-order valence-electron chi connectivity index (χ0n) is 17.9. The zero-order chi connectivity index (χ0) is 20.6. The highest BCUT2D eigenvalue weighted by atomic mass is 127. The second kappa shape index (κ2) is 12.1. The monoisotopic (exact) mass is 528 g/mol. The Labute approximate surface area is 196 Å². The first-order valence-corrected chi connectivity index (χ1v) is 10.6. The molecule has 1 unspecified atom stereocenters. The molecule has 0 spiro atoms. The van der Waals surface area contributed by atoms with Crippen LogP contribution in [0.2, 0.25) is 0 Å². The van der Waals surface area contributed by atoms with E-state index in [1.165, 1.54) is 0 Å². The van der Waals surface area contributed by atoms with Gasteiger partial charge in [0.05, 0.1) is 12.5 Å². The average Bonchev–Trinajstić information content (AvgIpc) is 2.68. The third kappa shape index (κ3) is 6.58. The number of benzene rings is 1. The standard InChI is InChI=1S/C22H32N4O3.HI/c1-3-29-21(28)18-10-6-12-26(15-18)22(23-2)24-14-16-7-4-11-19(13-16)25-20(27)17-8-5-9-17;/h4,7,11,13,17-18H,3,5-6,8-10,12,14-15H2,1-2H3,(H,23,24)(H,25,27);1H. The first kappa shape index (κ1) is 24.4. The van der Waals surface area contributed by atoms with Crippen molar-refractivity contribution in [1.82, 2.24) is 10.2 Å². The van der Waals surface area contributed by atoms with E-state index in [0.29, 0.717) is 19.7 Å². The third-order valence-electron chi connectivity index (χ3n) is 5.67. The largest absolute Gasteiger partial charge is 0.466 e. The van der Waals surface area contributed by atoms with E-state index >= 15 is 0 Å². The van der Waals surface area contributed by atoms with Gasteiger partial charge in [0.15, 0.2) is 5.96 Å². The van der Waals surface area contributed by atoms with E-state index in [4.69, 9.17) is 4.74 Å². The Kier molecular flexibility index (Phi) is 9.87. The van der Waals surface area contributed by atoms with Crippen molar-refractivity contribution in [2.45, 2.75) is 45.6 Å². The predicted molar refractivity (Wildman–Crippen MR) is 129 cm³/mol. The molecule has 1 saturated heterocycles. The molecule has 1 saturated carbocycles. The molecule has 7 nitrogen and oxygen atoms in total. The van der Waals surface area contributed by atoms with Gasteiger partial charge in [-0.25, -0.2) is 0 Å². The fourth-order valence-corrected chi connectivity index (χ4v) is 3.81. The van der Waals surface area contributed by atoms with Gasteiger partial charge in [0.1, 0.15) is 0 Å². The average molecular weight is 528 g/mol. The molecule has 1 atom stereocenters. The number of hydrogen-bond donors (Lipinski definition) is 2. The number of nitrogens with zero attached hydrogens (tertiary/aromatic N) is 2. The summed E-state index contributed by atoms with van der Waals surface area (Å²) in [5, 5.41) is 6.40. The quantitative estimate of drug-likeness (QED) is 0.256. The van der Waals surface area contributed by atoms with Gasteiger partial charge in [0.2, 0.25) is 5.91 Å². The minimum absolute atomic E-state index is 0. The summed E-state index contributed by atoms with van der Waals surface area (Å²) in [7, 11) is 1.76. The molecule has 3 rings (SSSR count). The molecule has 1 aliphatic heterocycles. The Balaban J connectivity index is 0.00000320. The summed E-state index contributed by atoms with van der Waals surface area (Å²) in [4.78, 5) is 30.8. The number of rotatable bonds is 6. The number of halogens is 1. The number of hydrogen-bond acceptors (Lipinski definition) is 4. The highest BCUT2D eigenvalue weighted by Gasteiger charge is 2.28. The van der Waals surface area contributed by atoms with Gasteiger partial charge in [0.25, 0.3) is 0 Å². The number of anilines is 1. The second-order valence-electron chi connectivity index (χ2n) is 7.76. The van der Waals surface area contributed by atoms with Gasteiger partial charge in [-0.1, -0.05) is 18.6 Å². The van der Waals surface area contributed by atoms with Crippen molar-refractivity contribution < 1.29 is 14.3 Å². The third-order valence-corrected chi connectivity index (χ3v) is 5.67. The normalized spacial score (nSPS) is 19.3. The van der Waals surface area contributed by atoms with Gasteiger partial charge in [-0.15, -0.1) is 24.0 Å².